The number of rotatable bonds is 13. The Morgan fingerprint density at radius 2 is 0.853 bits per heavy atom. The maximum absolute atomic E-state index is 10.6. The number of carboxylic acid groups (broad SMARTS) is 6. The molecule has 0 rings (SSSR count). The van der Waals surface area contributed by atoms with E-state index >= 15 is 0 Å². The van der Waals surface area contributed by atoms with E-state index in [4.69, 9.17) is 40.9 Å². The third-order valence-corrected chi connectivity index (χ3v) is 3.74. The molecule has 0 aliphatic carbocycles. The Labute approximate surface area is 194 Å². The standard InChI is InChI=1S/C8H10O8.2C6H10O3/c9-5(10)1-3(7(13)14)4(8(15)16)2-6(11)12;2*1-5(6(8)9)3-2-4-7/h3-4H,1-2H2,(H,9,10)(H,11,12)(H,13,14)(H,15,16);2*3,7H,2,4H2,1H3,(H,8,9). The van der Waals surface area contributed by atoms with Gasteiger partial charge in [0.15, 0.2) is 0 Å². The second-order valence-electron chi connectivity index (χ2n) is 6.49. The molecule has 194 valence electrons. The van der Waals surface area contributed by atoms with Crippen LogP contribution in [-0.2, 0) is 28.8 Å². The van der Waals surface area contributed by atoms with Crippen LogP contribution in [-0.4, -0.2) is 89.9 Å². The lowest BCUT2D eigenvalue weighted by Gasteiger charge is -2.16. The number of hydrogen-bond acceptors (Lipinski definition) is 8. The zero-order valence-corrected chi connectivity index (χ0v) is 18.6. The normalized spacial score (nSPS) is 12.6. The van der Waals surface area contributed by atoms with Gasteiger partial charge in [-0.25, -0.2) is 9.59 Å². The van der Waals surface area contributed by atoms with Gasteiger partial charge in [-0.2, -0.15) is 0 Å². The number of hydrogen-bond donors (Lipinski definition) is 8. The minimum atomic E-state index is -1.76. The minimum absolute atomic E-state index is 0.00458. The second kappa shape index (κ2) is 19.9. The van der Waals surface area contributed by atoms with Crippen molar-refractivity contribution in [3.8, 4) is 0 Å². The van der Waals surface area contributed by atoms with Crippen molar-refractivity contribution in [2.24, 2.45) is 11.8 Å². The van der Waals surface area contributed by atoms with Gasteiger partial charge in [0, 0.05) is 24.4 Å². The second-order valence-corrected chi connectivity index (χ2v) is 6.49. The van der Waals surface area contributed by atoms with Crippen LogP contribution in [0.25, 0.3) is 0 Å². The molecule has 14 nitrogen and oxygen atoms in total. The molecule has 0 aromatic heterocycles. The maximum atomic E-state index is 10.6. The molecule has 0 aromatic carbocycles. The molecule has 2 unspecified atom stereocenters. The molecule has 0 spiro atoms. The summed E-state index contributed by atoms with van der Waals surface area (Å²) in [6.45, 7) is 3.01. The van der Waals surface area contributed by atoms with E-state index in [9.17, 15) is 28.8 Å². The van der Waals surface area contributed by atoms with Crippen molar-refractivity contribution in [2.75, 3.05) is 13.2 Å². The fraction of sp³-hybridized carbons (Fsp3) is 0.500. The first-order valence-electron chi connectivity index (χ1n) is 9.53. The van der Waals surface area contributed by atoms with E-state index in [1.54, 1.807) is 0 Å². The molecule has 0 heterocycles. The van der Waals surface area contributed by atoms with Crippen LogP contribution in [0.3, 0.4) is 0 Å². The molecule has 0 fully saturated rings. The predicted octanol–water partition coefficient (Wildman–Crippen LogP) is 0.137. The molecule has 0 saturated carbocycles. The first-order chi connectivity index (χ1) is 15.6. The van der Waals surface area contributed by atoms with Gasteiger partial charge in [0.2, 0.25) is 0 Å². The zero-order chi connectivity index (χ0) is 27.4. The molecule has 0 bridgehead atoms. The van der Waals surface area contributed by atoms with E-state index in [-0.39, 0.29) is 24.4 Å². The molecule has 0 aromatic rings. The first-order valence-corrected chi connectivity index (χ1v) is 9.53. The summed E-state index contributed by atoms with van der Waals surface area (Å²) in [5, 5.41) is 67.1. The van der Waals surface area contributed by atoms with Crippen molar-refractivity contribution >= 4 is 35.8 Å². The molecular weight excluding hydrogens is 464 g/mol. The molecule has 0 aliphatic heterocycles. The Morgan fingerprint density at radius 3 is 1.00 bits per heavy atom. The number of carbonyl (C=O) groups is 6. The summed E-state index contributed by atoms with van der Waals surface area (Å²) in [6.07, 6.45) is 1.94. The highest BCUT2D eigenvalue weighted by atomic mass is 16.4. The summed E-state index contributed by atoms with van der Waals surface area (Å²) in [5.74, 6) is -11.6. The lowest BCUT2D eigenvalue weighted by atomic mass is 9.87. The van der Waals surface area contributed by atoms with E-state index in [2.05, 4.69) is 0 Å². The van der Waals surface area contributed by atoms with Crippen LogP contribution >= 0.6 is 0 Å². The fourth-order valence-corrected chi connectivity index (χ4v) is 1.92. The molecule has 0 aliphatic rings. The van der Waals surface area contributed by atoms with E-state index in [1.807, 2.05) is 0 Å². The largest absolute Gasteiger partial charge is 0.481 e. The van der Waals surface area contributed by atoms with Crippen molar-refractivity contribution in [1.82, 2.24) is 0 Å². The molecule has 8 N–H and O–H groups in total. The van der Waals surface area contributed by atoms with Crippen molar-refractivity contribution in [3.05, 3.63) is 23.3 Å². The average Bonchev–Trinajstić information content (AvgIpc) is 2.72. The van der Waals surface area contributed by atoms with Crippen molar-refractivity contribution in [2.45, 2.75) is 39.5 Å². The molecule has 0 radical (unpaired) electrons. The third kappa shape index (κ3) is 20.1. The Bertz CT molecular complexity index is 701. The monoisotopic (exact) mass is 494 g/mol. The quantitative estimate of drug-likeness (QED) is 0.158. The summed E-state index contributed by atoms with van der Waals surface area (Å²) >= 11 is 0. The van der Waals surface area contributed by atoms with Gasteiger partial charge in [-0.05, 0) is 26.7 Å². The minimum Gasteiger partial charge on any atom is -0.481 e. The van der Waals surface area contributed by atoms with Crippen LogP contribution in [0, 0.1) is 11.8 Å². The molecular formula is C20H30O14. The summed E-state index contributed by atoms with van der Waals surface area (Å²) in [4.78, 5) is 62.0. The summed E-state index contributed by atoms with van der Waals surface area (Å²) in [5.41, 5.74) is 0.563. The molecule has 14 heteroatoms. The van der Waals surface area contributed by atoms with Crippen molar-refractivity contribution < 1.29 is 69.6 Å². The van der Waals surface area contributed by atoms with Gasteiger partial charge in [-0.1, -0.05) is 12.2 Å². The third-order valence-electron chi connectivity index (χ3n) is 3.74. The Balaban J connectivity index is -0.000000457. The van der Waals surface area contributed by atoms with Crippen molar-refractivity contribution in [1.29, 1.82) is 0 Å². The summed E-state index contributed by atoms with van der Waals surface area (Å²) in [7, 11) is 0. The van der Waals surface area contributed by atoms with Crippen LogP contribution in [0.15, 0.2) is 23.3 Å². The number of aliphatic hydroxyl groups is 2. The highest BCUT2D eigenvalue weighted by Crippen LogP contribution is 2.20. The topological polar surface area (TPSA) is 264 Å². The molecule has 0 saturated heterocycles. The average molecular weight is 494 g/mol. The van der Waals surface area contributed by atoms with Crippen LogP contribution in [0.1, 0.15) is 39.5 Å². The molecule has 34 heavy (non-hydrogen) atoms. The lowest BCUT2D eigenvalue weighted by Crippen LogP contribution is -2.33. The summed E-state index contributed by atoms with van der Waals surface area (Å²) in [6, 6.07) is 0. The highest BCUT2D eigenvalue weighted by Gasteiger charge is 2.36. The van der Waals surface area contributed by atoms with E-state index in [0.717, 1.165) is 0 Å². The zero-order valence-electron chi connectivity index (χ0n) is 18.6. The van der Waals surface area contributed by atoms with Gasteiger partial charge >= 0.3 is 35.8 Å². The number of carboxylic acids is 6. The predicted molar refractivity (Wildman–Crippen MR) is 113 cm³/mol. The summed E-state index contributed by atoms with van der Waals surface area (Å²) < 4.78 is 0. The van der Waals surface area contributed by atoms with Gasteiger partial charge in [-0.3, -0.25) is 19.2 Å². The first kappa shape index (κ1) is 34.8. The van der Waals surface area contributed by atoms with Crippen LogP contribution in [0.4, 0.5) is 0 Å². The SMILES string of the molecule is CC(=CCCO)C(=O)O.CC(=CCCO)C(=O)O.O=C(O)CC(C(=O)O)C(CC(=O)O)C(=O)O. The Morgan fingerprint density at radius 1 is 0.588 bits per heavy atom. The van der Waals surface area contributed by atoms with Gasteiger partial charge in [0.25, 0.3) is 0 Å². The highest BCUT2D eigenvalue weighted by molar-refractivity contribution is 5.87. The number of aliphatic carboxylic acids is 6. The lowest BCUT2D eigenvalue weighted by molar-refractivity contribution is -0.160. The van der Waals surface area contributed by atoms with Gasteiger partial charge < -0.3 is 40.9 Å². The van der Waals surface area contributed by atoms with Gasteiger partial charge in [-0.15, -0.1) is 0 Å². The van der Waals surface area contributed by atoms with E-state index < -0.39 is 60.5 Å². The van der Waals surface area contributed by atoms with Crippen molar-refractivity contribution in [3.63, 3.8) is 0 Å². The Hall–Kier alpha value is -3.78. The smallest absolute Gasteiger partial charge is 0.330 e. The van der Waals surface area contributed by atoms with E-state index in [1.165, 1.54) is 26.0 Å². The Kier molecular flexibility index (Phi) is 20.4. The number of aliphatic hydroxyl groups excluding tert-OH is 2. The van der Waals surface area contributed by atoms with Crippen LogP contribution in [0.2, 0.25) is 0 Å². The molecule has 0 amide bonds. The maximum Gasteiger partial charge on any atom is 0.330 e. The fourth-order valence-electron chi connectivity index (χ4n) is 1.92. The van der Waals surface area contributed by atoms with Crippen LogP contribution < -0.4 is 0 Å². The van der Waals surface area contributed by atoms with Crippen LogP contribution in [0.5, 0.6) is 0 Å². The van der Waals surface area contributed by atoms with Gasteiger partial charge in [0.1, 0.15) is 0 Å². The molecule has 2 atom stereocenters. The van der Waals surface area contributed by atoms with E-state index in [0.29, 0.717) is 12.8 Å². The van der Waals surface area contributed by atoms with Gasteiger partial charge in [0.05, 0.1) is 24.7 Å².